The van der Waals surface area contributed by atoms with Gasteiger partial charge in [0.1, 0.15) is 0 Å². The van der Waals surface area contributed by atoms with Crippen molar-refractivity contribution < 1.29 is 20.1 Å². The molecule has 0 saturated carbocycles. The van der Waals surface area contributed by atoms with Crippen molar-refractivity contribution in [1.82, 2.24) is 9.97 Å². The van der Waals surface area contributed by atoms with Gasteiger partial charge in [-0.2, -0.15) is 0 Å². The van der Waals surface area contributed by atoms with Crippen LogP contribution in [0.5, 0.6) is 0 Å². The van der Waals surface area contributed by atoms with Crippen molar-refractivity contribution in [2.24, 2.45) is 0 Å². The van der Waals surface area contributed by atoms with E-state index in [1.54, 1.807) is 6.20 Å². The number of aromatic nitrogens is 2. The van der Waals surface area contributed by atoms with Crippen LogP contribution < -0.4 is 5.19 Å². The number of benzene rings is 3. The van der Waals surface area contributed by atoms with Gasteiger partial charge in [0.25, 0.3) is 0 Å². The van der Waals surface area contributed by atoms with Gasteiger partial charge in [-0.15, -0.1) is 71.8 Å². The smallest absolute Gasteiger partial charge is 0.0799 e. The van der Waals surface area contributed by atoms with Crippen LogP contribution in [0.1, 0.15) is 11.1 Å². The summed E-state index contributed by atoms with van der Waals surface area (Å²) in [6.07, 6.45) is 4.85. The molecule has 0 N–H and O–H groups in total. The van der Waals surface area contributed by atoms with Gasteiger partial charge in [-0.25, -0.2) is 0 Å². The molecule has 4 heteroatoms. The van der Waals surface area contributed by atoms with Gasteiger partial charge in [0, 0.05) is 32.5 Å². The fourth-order valence-corrected chi connectivity index (χ4v) is 5.48. The summed E-state index contributed by atoms with van der Waals surface area (Å²) in [5.41, 5.74) is 6.83. The molecule has 2 aromatic heterocycles. The van der Waals surface area contributed by atoms with Gasteiger partial charge >= 0.3 is 0 Å². The predicted octanol–water partition coefficient (Wildman–Crippen LogP) is 7.23. The van der Waals surface area contributed by atoms with E-state index in [0.717, 1.165) is 28.9 Å². The Morgan fingerprint density at radius 3 is 1.83 bits per heavy atom. The first-order valence-corrected chi connectivity index (χ1v) is 15.4. The number of pyridine rings is 2. The van der Waals surface area contributed by atoms with E-state index >= 15 is 0 Å². The molecule has 5 aromatic rings. The molecule has 0 fully saturated rings. The van der Waals surface area contributed by atoms with E-state index in [2.05, 4.69) is 85.4 Å². The van der Waals surface area contributed by atoms with Gasteiger partial charge in [-0.05, 0) is 34.6 Å². The zero-order chi connectivity index (χ0) is 24.5. The molecule has 0 aliphatic rings. The van der Waals surface area contributed by atoms with Gasteiger partial charge in [0.15, 0.2) is 0 Å². The molecular weight excluding hydrogens is 633 g/mol. The Hall–Kier alpha value is -3.17. The fourth-order valence-electron chi connectivity index (χ4n) is 3.91. The number of hydrogen-bond donors (Lipinski definition) is 0. The van der Waals surface area contributed by atoms with Crippen molar-refractivity contribution in [1.29, 1.82) is 0 Å². The van der Waals surface area contributed by atoms with Crippen LogP contribution in [0.25, 0.3) is 22.5 Å². The summed E-state index contributed by atoms with van der Waals surface area (Å²) in [4.78, 5) is 8.94. The van der Waals surface area contributed by atoms with Crippen molar-refractivity contribution >= 4 is 13.3 Å². The minimum Gasteiger partial charge on any atom is -0.305 e. The van der Waals surface area contributed by atoms with E-state index in [-0.39, 0.29) is 20.1 Å². The van der Waals surface area contributed by atoms with Crippen LogP contribution >= 0.6 is 0 Å². The van der Waals surface area contributed by atoms with Crippen LogP contribution in [0.4, 0.5) is 0 Å². The second kappa shape index (κ2) is 13.2. The summed E-state index contributed by atoms with van der Waals surface area (Å²) >= 11 is 0. The van der Waals surface area contributed by atoms with Crippen molar-refractivity contribution in [3.05, 3.63) is 139 Å². The molecule has 2 heterocycles. The fraction of sp³-hybridized carbons (Fsp3) is 0.125. The van der Waals surface area contributed by atoms with Crippen LogP contribution in [-0.4, -0.2) is 18.0 Å². The SMILES string of the molecule is C[Si](C)(C)c1cnc(-c2[c-]cccc2)cc1Cc1ccccc1.[Ir].[c-]1ccccc1-c1ccccn1. The molecule has 0 unspecified atom stereocenters. The summed E-state index contributed by atoms with van der Waals surface area (Å²) in [6.45, 7) is 7.15. The van der Waals surface area contributed by atoms with E-state index < -0.39 is 8.07 Å². The largest absolute Gasteiger partial charge is 0.305 e. The minimum absolute atomic E-state index is 0. The molecule has 0 bridgehead atoms. The Labute approximate surface area is 229 Å². The third-order valence-electron chi connectivity index (χ3n) is 5.67. The van der Waals surface area contributed by atoms with Crippen molar-refractivity contribution in [2.45, 2.75) is 26.1 Å². The van der Waals surface area contributed by atoms with Crippen LogP contribution in [-0.2, 0) is 26.5 Å². The third-order valence-corrected chi connectivity index (χ3v) is 7.74. The van der Waals surface area contributed by atoms with Gasteiger partial charge in [0.05, 0.1) is 8.07 Å². The van der Waals surface area contributed by atoms with E-state index in [1.165, 1.54) is 16.3 Å². The normalized spacial score (nSPS) is 10.5. The zero-order valence-electron chi connectivity index (χ0n) is 20.9. The second-order valence-corrected chi connectivity index (χ2v) is 14.4. The molecule has 0 saturated heterocycles. The number of nitrogens with zero attached hydrogens (tertiary/aromatic N) is 2. The van der Waals surface area contributed by atoms with Crippen molar-refractivity contribution in [3.8, 4) is 22.5 Å². The monoisotopic (exact) mass is 663 g/mol. The first-order chi connectivity index (χ1) is 17.0. The van der Waals surface area contributed by atoms with E-state index in [4.69, 9.17) is 4.98 Å². The van der Waals surface area contributed by atoms with Crippen LogP contribution in [0, 0.1) is 12.1 Å². The summed E-state index contributed by atoms with van der Waals surface area (Å²) in [6, 6.07) is 41.1. The van der Waals surface area contributed by atoms with Crippen LogP contribution in [0.3, 0.4) is 0 Å². The maximum absolute atomic E-state index is 4.72. The summed E-state index contributed by atoms with van der Waals surface area (Å²) in [5, 5.41) is 1.45. The molecule has 0 amide bonds. The van der Waals surface area contributed by atoms with Crippen molar-refractivity contribution in [3.63, 3.8) is 0 Å². The molecule has 0 atom stereocenters. The van der Waals surface area contributed by atoms with E-state index in [9.17, 15) is 0 Å². The van der Waals surface area contributed by atoms with E-state index in [0.29, 0.717) is 0 Å². The molecular formula is C32H30IrN2Si-2. The van der Waals surface area contributed by atoms with Gasteiger partial charge < -0.3 is 9.97 Å². The first kappa shape index (κ1) is 27.4. The van der Waals surface area contributed by atoms with Gasteiger partial charge in [-0.3, -0.25) is 0 Å². The molecule has 36 heavy (non-hydrogen) atoms. The quantitative estimate of drug-likeness (QED) is 0.147. The molecule has 2 nitrogen and oxygen atoms in total. The zero-order valence-corrected chi connectivity index (χ0v) is 24.3. The molecule has 0 spiro atoms. The molecule has 0 aliphatic heterocycles. The van der Waals surface area contributed by atoms with Crippen LogP contribution in [0.2, 0.25) is 19.6 Å². The van der Waals surface area contributed by atoms with Crippen molar-refractivity contribution in [2.75, 3.05) is 0 Å². The average molecular weight is 663 g/mol. The third kappa shape index (κ3) is 7.66. The van der Waals surface area contributed by atoms with Gasteiger partial charge in [-0.1, -0.05) is 73.7 Å². The Morgan fingerprint density at radius 1 is 0.667 bits per heavy atom. The Morgan fingerprint density at radius 2 is 1.28 bits per heavy atom. The maximum Gasteiger partial charge on any atom is 0.0799 e. The summed E-state index contributed by atoms with van der Waals surface area (Å²) in [5.74, 6) is 0. The van der Waals surface area contributed by atoms with E-state index in [1.807, 2.05) is 60.7 Å². The second-order valence-electron chi connectivity index (χ2n) is 9.41. The predicted molar refractivity (Wildman–Crippen MR) is 149 cm³/mol. The topological polar surface area (TPSA) is 25.8 Å². The number of hydrogen-bond acceptors (Lipinski definition) is 2. The Balaban J connectivity index is 0.000000234. The number of rotatable bonds is 5. The molecule has 1 radical (unpaired) electrons. The molecule has 3 aromatic carbocycles. The maximum atomic E-state index is 4.72. The molecule has 183 valence electrons. The Bertz CT molecular complexity index is 1280. The average Bonchev–Trinajstić information content (AvgIpc) is 2.90. The van der Waals surface area contributed by atoms with Crippen LogP contribution in [0.15, 0.2) is 116 Å². The minimum atomic E-state index is -1.43. The molecule has 0 aliphatic carbocycles. The first-order valence-electron chi connectivity index (χ1n) is 11.9. The standard InChI is InChI=1S/C21H22NSi.C11H8N.Ir/c1-23(2,3)21-16-22-20(18-12-8-5-9-13-18)15-19(21)14-17-10-6-4-7-11-17;1-2-6-10(7-3-1)11-8-4-5-9-12-11;/h4-12,15-16H,14H2,1-3H3;1-6,8-9H;/q2*-1;. The molecule has 5 rings (SSSR count). The summed E-state index contributed by atoms with van der Waals surface area (Å²) < 4.78 is 0. The Kier molecular flexibility index (Phi) is 10.1. The summed E-state index contributed by atoms with van der Waals surface area (Å²) in [7, 11) is -1.43. The van der Waals surface area contributed by atoms with Gasteiger partial charge in [0.2, 0.25) is 0 Å².